The number of hydrogen-bond acceptors (Lipinski definition) is 2. The van der Waals surface area contributed by atoms with Gasteiger partial charge in [-0.3, -0.25) is 9.36 Å². The first kappa shape index (κ1) is 16.8. The van der Waals surface area contributed by atoms with Gasteiger partial charge in [0.15, 0.2) is 0 Å². The zero-order valence-electron chi connectivity index (χ0n) is 12.1. The van der Waals surface area contributed by atoms with Gasteiger partial charge in [-0.1, -0.05) is 53.5 Å². The number of aromatic nitrogens is 1. The molecule has 0 unspecified atom stereocenters. The van der Waals surface area contributed by atoms with Crippen LogP contribution in [0.2, 0.25) is 10.2 Å². The third kappa shape index (κ3) is 2.87. The lowest BCUT2D eigenvalue weighted by atomic mass is 10.1. The molecule has 0 N–H and O–H groups in total. The van der Waals surface area contributed by atoms with Crippen LogP contribution in [0.4, 0.5) is 0 Å². The Balaban J connectivity index is 2.27. The second kappa shape index (κ2) is 6.82. The largest absolute Gasteiger partial charge is 0.268 e. The van der Waals surface area contributed by atoms with Crippen LogP contribution < -0.4 is 0 Å². The van der Waals surface area contributed by atoms with Crippen molar-refractivity contribution in [3.8, 4) is 17.3 Å². The van der Waals surface area contributed by atoms with Crippen LogP contribution in [-0.2, 0) is 0 Å². The Labute approximate surface area is 157 Å². The molecule has 0 atom stereocenters. The molecule has 1 heterocycles. The zero-order valence-corrected chi connectivity index (χ0v) is 15.2. The Kier molecular flexibility index (Phi) is 4.77. The number of halogens is 3. The molecule has 0 radical (unpaired) electrons. The quantitative estimate of drug-likeness (QED) is 0.528. The highest BCUT2D eigenvalue weighted by molar-refractivity contribution is 9.10. The summed E-state index contributed by atoms with van der Waals surface area (Å²) in [5.41, 5.74) is 1.92. The fourth-order valence-corrected chi connectivity index (χ4v) is 3.60. The van der Waals surface area contributed by atoms with Gasteiger partial charge >= 0.3 is 0 Å². The summed E-state index contributed by atoms with van der Waals surface area (Å²) >= 11 is 15.7. The van der Waals surface area contributed by atoms with Crippen molar-refractivity contribution in [2.24, 2.45) is 0 Å². The maximum absolute atomic E-state index is 12.9. The summed E-state index contributed by atoms with van der Waals surface area (Å²) in [4.78, 5) is 12.9. The standard InChI is InChI=1S/C18H9BrCl2N2O/c19-15-14(10-22)17(21)23(18(24)12-4-2-1-3-5-12)16(15)11-6-8-13(20)9-7-11/h1-9H. The summed E-state index contributed by atoms with van der Waals surface area (Å²) in [5.74, 6) is -0.312. The molecule has 24 heavy (non-hydrogen) atoms. The van der Waals surface area contributed by atoms with E-state index in [1.165, 1.54) is 4.57 Å². The molecule has 0 aliphatic rings. The average molecular weight is 420 g/mol. The highest BCUT2D eigenvalue weighted by Gasteiger charge is 2.25. The van der Waals surface area contributed by atoms with Crippen LogP contribution in [0.15, 0.2) is 59.1 Å². The second-order valence-electron chi connectivity index (χ2n) is 4.95. The van der Waals surface area contributed by atoms with Gasteiger partial charge in [-0.05, 0) is 45.8 Å². The van der Waals surface area contributed by atoms with Crippen LogP contribution in [0.1, 0.15) is 15.9 Å². The molecule has 0 spiro atoms. The molecule has 118 valence electrons. The van der Waals surface area contributed by atoms with Crippen molar-refractivity contribution >= 4 is 45.0 Å². The van der Waals surface area contributed by atoms with E-state index < -0.39 is 0 Å². The summed E-state index contributed by atoms with van der Waals surface area (Å²) in [5, 5.41) is 10.0. The lowest BCUT2D eigenvalue weighted by Crippen LogP contribution is -2.13. The van der Waals surface area contributed by atoms with Gasteiger partial charge in [-0.2, -0.15) is 5.26 Å². The molecule has 3 nitrogen and oxygen atoms in total. The molecular weight excluding hydrogens is 411 g/mol. The highest BCUT2D eigenvalue weighted by Crippen LogP contribution is 2.39. The molecule has 0 amide bonds. The molecule has 3 aromatic rings. The van der Waals surface area contributed by atoms with Crippen LogP contribution in [0.5, 0.6) is 0 Å². The Bertz CT molecular complexity index is 957. The fraction of sp³-hybridized carbons (Fsp3) is 0. The average Bonchev–Trinajstić information content (AvgIpc) is 2.86. The van der Waals surface area contributed by atoms with Crippen molar-refractivity contribution in [1.82, 2.24) is 4.57 Å². The number of benzene rings is 2. The van der Waals surface area contributed by atoms with E-state index in [0.717, 1.165) is 5.56 Å². The van der Waals surface area contributed by atoms with Crippen LogP contribution in [0, 0.1) is 11.3 Å². The van der Waals surface area contributed by atoms with Gasteiger partial charge in [-0.15, -0.1) is 0 Å². The van der Waals surface area contributed by atoms with Gasteiger partial charge in [0.05, 0.1) is 10.2 Å². The van der Waals surface area contributed by atoms with Gasteiger partial charge in [0.1, 0.15) is 16.8 Å². The van der Waals surface area contributed by atoms with E-state index in [1.54, 1.807) is 48.5 Å². The van der Waals surface area contributed by atoms with Gasteiger partial charge in [-0.25, -0.2) is 0 Å². The summed E-state index contributed by atoms with van der Waals surface area (Å²) < 4.78 is 1.81. The third-order valence-electron chi connectivity index (χ3n) is 3.51. The lowest BCUT2D eigenvalue weighted by molar-refractivity contribution is 0.0962. The van der Waals surface area contributed by atoms with Crippen LogP contribution >= 0.6 is 39.1 Å². The van der Waals surface area contributed by atoms with E-state index >= 15 is 0 Å². The van der Waals surface area contributed by atoms with E-state index in [1.807, 2.05) is 12.1 Å². The van der Waals surface area contributed by atoms with Crippen molar-refractivity contribution < 1.29 is 4.79 Å². The lowest BCUT2D eigenvalue weighted by Gasteiger charge is -2.10. The van der Waals surface area contributed by atoms with Crippen molar-refractivity contribution in [2.45, 2.75) is 0 Å². The second-order valence-corrected chi connectivity index (χ2v) is 6.54. The topological polar surface area (TPSA) is 45.8 Å². The first-order valence-electron chi connectivity index (χ1n) is 6.90. The Morgan fingerprint density at radius 3 is 2.25 bits per heavy atom. The minimum absolute atomic E-state index is 0.0724. The van der Waals surface area contributed by atoms with E-state index in [-0.39, 0.29) is 16.6 Å². The molecule has 0 saturated carbocycles. The smallest absolute Gasteiger partial charge is 0.263 e. The first-order chi connectivity index (χ1) is 11.5. The number of rotatable bonds is 2. The van der Waals surface area contributed by atoms with E-state index in [2.05, 4.69) is 15.9 Å². The Hall–Kier alpha value is -2.06. The zero-order chi connectivity index (χ0) is 17.3. The van der Waals surface area contributed by atoms with E-state index in [0.29, 0.717) is 20.8 Å². The summed E-state index contributed by atoms with van der Waals surface area (Å²) in [7, 11) is 0. The van der Waals surface area contributed by atoms with Crippen LogP contribution in [0.3, 0.4) is 0 Å². The summed E-state index contributed by atoms with van der Waals surface area (Å²) in [6, 6.07) is 17.8. The van der Waals surface area contributed by atoms with Crippen molar-refractivity contribution in [3.63, 3.8) is 0 Å². The summed E-state index contributed by atoms with van der Waals surface area (Å²) in [6.45, 7) is 0. The Morgan fingerprint density at radius 1 is 1.04 bits per heavy atom. The van der Waals surface area contributed by atoms with Crippen molar-refractivity contribution in [2.75, 3.05) is 0 Å². The predicted molar refractivity (Wildman–Crippen MR) is 98.5 cm³/mol. The SMILES string of the molecule is N#Cc1c(Br)c(-c2ccc(Cl)cc2)n(C(=O)c2ccccc2)c1Cl. The molecule has 0 bridgehead atoms. The molecular formula is C18H9BrCl2N2O. The fourth-order valence-electron chi connectivity index (χ4n) is 2.38. The number of hydrogen-bond donors (Lipinski definition) is 0. The van der Waals surface area contributed by atoms with Gasteiger partial charge in [0.25, 0.3) is 5.91 Å². The minimum atomic E-state index is -0.312. The van der Waals surface area contributed by atoms with Crippen molar-refractivity contribution in [3.05, 3.63) is 80.4 Å². The molecule has 0 aliphatic heterocycles. The molecule has 0 saturated heterocycles. The normalized spacial score (nSPS) is 10.4. The molecule has 0 aliphatic carbocycles. The minimum Gasteiger partial charge on any atom is -0.268 e. The molecule has 3 rings (SSSR count). The van der Waals surface area contributed by atoms with Gasteiger partial charge in [0, 0.05) is 10.6 Å². The maximum atomic E-state index is 12.9. The summed E-state index contributed by atoms with van der Waals surface area (Å²) in [6.07, 6.45) is 0. The third-order valence-corrected chi connectivity index (χ3v) is 4.89. The Morgan fingerprint density at radius 2 is 1.67 bits per heavy atom. The number of nitriles is 1. The van der Waals surface area contributed by atoms with Crippen molar-refractivity contribution in [1.29, 1.82) is 5.26 Å². The monoisotopic (exact) mass is 418 g/mol. The van der Waals surface area contributed by atoms with Gasteiger partial charge < -0.3 is 0 Å². The number of carbonyl (C=O) groups excluding carboxylic acids is 1. The predicted octanol–water partition coefficient (Wildman–Crippen LogP) is 5.78. The molecule has 2 aromatic carbocycles. The first-order valence-corrected chi connectivity index (χ1v) is 8.45. The number of carbonyl (C=O) groups is 1. The van der Waals surface area contributed by atoms with E-state index in [4.69, 9.17) is 23.2 Å². The van der Waals surface area contributed by atoms with Crippen LogP contribution in [0.25, 0.3) is 11.3 Å². The van der Waals surface area contributed by atoms with Gasteiger partial charge in [0.2, 0.25) is 0 Å². The van der Waals surface area contributed by atoms with E-state index in [9.17, 15) is 10.1 Å². The molecule has 1 aromatic heterocycles. The molecule has 6 heteroatoms. The number of nitrogens with zero attached hydrogens (tertiary/aromatic N) is 2. The van der Waals surface area contributed by atoms with Crippen LogP contribution in [-0.4, -0.2) is 10.5 Å². The highest BCUT2D eigenvalue weighted by atomic mass is 79.9. The maximum Gasteiger partial charge on any atom is 0.263 e. The molecule has 0 fully saturated rings.